The standard InChI is InChI=1S/C27H18O3/c28-27(29)22-6-3-4-19(16-22)9-8-18-10-12-21(13-11-18)26-17-24-23-7-2-1-5-20(23)14-15-25(24)30-26/h1-17H,(H,28,29)/b9-8+. The summed E-state index contributed by atoms with van der Waals surface area (Å²) in [4.78, 5) is 11.1. The summed E-state index contributed by atoms with van der Waals surface area (Å²) in [6, 6.07) is 29.5. The summed E-state index contributed by atoms with van der Waals surface area (Å²) in [5.41, 5.74) is 4.06. The van der Waals surface area contributed by atoms with Crippen LogP contribution in [0.5, 0.6) is 0 Å². The zero-order chi connectivity index (χ0) is 20.5. The normalized spacial score (nSPS) is 11.5. The monoisotopic (exact) mass is 390 g/mol. The highest BCUT2D eigenvalue weighted by atomic mass is 16.4. The molecular weight excluding hydrogens is 372 g/mol. The minimum absolute atomic E-state index is 0.282. The lowest BCUT2D eigenvalue weighted by molar-refractivity contribution is 0.0697. The SMILES string of the molecule is O=C(O)c1cccc(/C=C/c2ccc(-c3cc4c(ccc5ccccc54)o3)cc2)c1. The van der Waals surface area contributed by atoms with E-state index in [4.69, 9.17) is 9.52 Å². The van der Waals surface area contributed by atoms with Gasteiger partial charge in [-0.3, -0.25) is 0 Å². The average Bonchev–Trinajstić information content (AvgIpc) is 3.23. The molecule has 0 aliphatic rings. The first kappa shape index (κ1) is 18.0. The van der Waals surface area contributed by atoms with E-state index in [1.807, 2.05) is 60.7 Å². The number of rotatable bonds is 4. The summed E-state index contributed by atoms with van der Waals surface area (Å²) in [7, 11) is 0. The fourth-order valence-electron chi connectivity index (χ4n) is 3.66. The molecule has 3 nitrogen and oxygen atoms in total. The number of carbonyl (C=O) groups is 1. The Kier molecular flexibility index (Phi) is 4.41. The van der Waals surface area contributed by atoms with Gasteiger partial charge in [0.15, 0.2) is 0 Å². The molecule has 0 aliphatic carbocycles. The Morgan fingerprint density at radius 1 is 0.733 bits per heavy atom. The molecule has 0 saturated heterocycles. The van der Waals surface area contributed by atoms with E-state index in [9.17, 15) is 4.79 Å². The van der Waals surface area contributed by atoms with Gasteiger partial charge in [-0.25, -0.2) is 4.79 Å². The Labute approximate surface area is 173 Å². The molecule has 0 amide bonds. The van der Waals surface area contributed by atoms with Crippen LogP contribution >= 0.6 is 0 Å². The van der Waals surface area contributed by atoms with Crippen LogP contribution in [-0.4, -0.2) is 11.1 Å². The molecule has 1 heterocycles. The van der Waals surface area contributed by atoms with Crippen LogP contribution in [0, 0.1) is 0 Å². The first-order chi connectivity index (χ1) is 14.7. The van der Waals surface area contributed by atoms with Crippen molar-refractivity contribution in [1.29, 1.82) is 0 Å². The molecule has 0 atom stereocenters. The van der Waals surface area contributed by atoms with Crippen molar-refractivity contribution in [3.05, 3.63) is 108 Å². The number of carboxylic acid groups (broad SMARTS) is 1. The predicted molar refractivity (Wildman–Crippen MR) is 121 cm³/mol. The van der Waals surface area contributed by atoms with Crippen LogP contribution in [0.4, 0.5) is 0 Å². The van der Waals surface area contributed by atoms with Crippen molar-refractivity contribution >= 4 is 39.9 Å². The van der Waals surface area contributed by atoms with E-state index >= 15 is 0 Å². The van der Waals surface area contributed by atoms with Gasteiger partial charge in [0.2, 0.25) is 0 Å². The van der Waals surface area contributed by atoms with Crippen LogP contribution in [0.15, 0.2) is 95.4 Å². The van der Waals surface area contributed by atoms with Gasteiger partial charge >= 0.3 is 5.97 Å². The number of furan rings is 1. The predicted octanol–water partition coefficient (Wildman–Crippen LogP) is 7.12. The molecular formula is C27H18O3. The second-order valence-electron chi connectivity index (χ2n) is 7.20. The van der Waals surface area contributed by atoms with E-state index in [1.165, 1.54) is 10.8 Å². The Morgan fingerprint density at radius 3 is 2.37 bits per heavy atom. The molecule has 0 fully saturated rings. The van der Waals surface area contributed by atoms with Gasteiger partial charge in [0.05, 0.1) is 5.56 Å². The number of fused-ring (bicyclic) bond motifs is 3. The molecule has 0 bridgehead atoms. The van der Waals surface area contributed by atoms with Gasteiger partial charge in [-0.15, -0.1) is 0 Å². The van der Waals surface area contributed by atoms with Crippen LogP contribution in [0.25, 0.3) is 45.2 Å². The van der Waals surface area contributed by atoms with Crippen LogP contribution in [0.2, 0.25) is 0 Å². The van der Waals surface area contributed by atoms with Crippen molar-refractivity contribution in [1.82, 2.24) is 0 Å². The molecule has 0 unspecified atom stereocenters. The van der Waals surface area contributed by atoms with Gasteiger partial charge in [-0.1, -0.05) is 78.9 Å². The van der Waals surface area contributed by atoms with Crippen molar-refractivity contribution in [2.45, 2.75) is 0 Å². The van der Waals surface area contributed by atoms with Gasteiger partial charge in [-0.2, -0.15) is 0 Å². The first-order valence-corrected chi connectivity index (χ1v) is 9.70. The van der Waals surface area contributed by atoms with Gasteiger partial charge in [0, 0.05) is 10.9 Å². The maximum absolute atomic E-state index is 11.1. The minimum Gasteiger partial charge on any atom is -0.478 e. The zero-order valence-electron chi connectivity index (χ0n) is 16.1. The van der Waals surface area contributed by atoms with Crippen LogP contribution in [0.1, 0.15) is 21.5 Å². The smallest absolute Gasteiger partial charge is 0.335 e. The number of benzene rings is 4. The third-order valence-corrected chi connectivity index (χ3v) is 5.22. The second-order valence-corrected chi connectivity index (χ2v) is 7.20. The zero-order valence-corrected chi connectivity index (χ0v) is 16.1. The fraction of sp³-hybridized carbons (Fsp3) is 0. The third-order valence-electron chi connectivity index (χ3n) is 5.22. The van der Waals surface area contributed by atoms with Gasteiger partial charge < -0.3 is 9.52 Å². The summed E-state index contributed by atoms with van der Waals surface area (Å²) >= 11 is 0. The Morgan fingerprint density at radius 2 is 1.53 bits per heavy atom. The highest BCUT2D eigenvalue weighted by Crippen LogP contribution is 2.33. The number of aromatic carboxylic acids is 1. The molecule has 144 valence electrons. The Balaban J connectivity index is 1.43. The van der Waals surface area contributed by atoms with Crippen molar-refractivity contribution in [2.24, 2.45) is 0 Å². The van der Waals surface area contributed by atoms with E-state index < -0.39 is 5.97 Å². The summed E-state index contributed by atoms with van der Waals surface area (Å²) in [5.74, 6) is -0.0840. The Bertz CT molecular complexity index is 1410. The maximum Gasteiger partial charge on any atom is 0.335 e. The van der Waals surface area contributed by atoms with Gasteiger partial charge in [-0.05, 0) is 46.2 Å². The van der Waals surface area contributed by atoms with E-state index in [-0.39, 0.29) is 5.56 Å². The molecule has 1 aromatic heterocycles. The quantitative estimate of drug-likeness (QED) is 0.332. The maximum atomic E-state index is 11.1. The van der Waals surface area contributed by atoms with Crippen LogP contribution in [0.3, 0.4) is 0 Å². The first-order valence-electron chi connectivity index (χ1n) is 9.70. The molecule has 1 N–H and O–H groups in total. The number of carboxylic acids is 1. The largest absolute Gasteiger partial charge is 0.478 e. The summed E-state index contributed by atoms with van der Waals surface area (Å²) in [5, 5.41) is 12.6. The molecule has 0 radical (unpaired) electrons. The molecule has 3 heteroatoms. The minimum atomic E-state index is -0.923. The molecule has 0 aliphatic heterocycles. The van der Waals surface area contributed by atoms with Gasteiger partial charge in [0.1, 0.15) is 11.3 Å². The van der Waals surface area contributed by atoms with Crippen LogP contribution in [-0.2, 0) is 0 Å². The summed E-state index contributed by atoms with van der Waals surface area (Å²) in [6.45, 7) is 0. The second kappa shape index (κ2) is 7.37. The van der Waals surface area contributed by atoms with E-state index in [0.717, 1.165) is 33.4 Å². The van der Waals surface area contributed by atoms with E-state index in [1.54, 1.807) is 18.2 Å². The van der Waals surface area contributed by atoms with Crippen molar-refractivity contribution < 1.29 is 14.3 Å². The van der Waals surface area contributed by atoms with Gasteiger partial charge in [0.25, 0.3) is 0 Å². The Hall–Kier alpha value is -4.11. The molecule has 30 heavy (non-hydrogen) atoms. The molecule has 0 saturated carbocycles. The highest BCUT2D eigenvalue weighted by molar-refractivity contribution is 6.07. The lowest BCUT2D eigenvalue weighted by atomic mass is 10.0. The third kappa shape index (κ3) is 3.38. The van der Waals surface area contributed by atoms with Crippen molar-refractivity contribution in [3.8, 4) is 11.3 Å². The van der Waals surface area contributed by atoms with Crippen molar-refractivity contribution in [2.75, 3.05) is 0 Å². The molecule has 5 aromatic rings. The lowest BCUT2D eigenvalue weighted by Crippen LogP contribution is -1.95. The van der Waals surface area contributed by atoms with E-state index in [2.05, 4.69) is 24.3 Å². The molecule has 0 spiro atoms. The fourth-order valence-corrected chi connectivity index (χ4v) is 3.66. The van der Waals surface area contributed by atoms with E-state index in [0.29, 0.717) is 0 Å². The van der Waals surface area contributed by atoms with Crippen molar-refractivity contribution in [3.63, 3.8) is 0 Å². The molecule has 4 aromatic carbocycles. The summed E-state index contributed by atoms with van der Waals surface area (Å²) in [6.07, 6.45) is 3.88. The summed E-state index contributed by atoms with van der Waals surface area (Å²) < 4.78 is 6.09. The lowest BCUT2D eigenvalue weighted by Gasteiger charge is -1.99. The topological polar surface area (TPSA) is 50.4 Å². The number of hydrogen-bond acceptors (Lipinski definition) is 2. The highest BCUT2D eigenvalue weighted by Gasteiger charge is 2.09. The molecule has 5 rings (SSSR count). The average molecular weight is 390 g/mol. The number of hydrogen-bond donors (Lipinski definition) is 1. The van der Waals surface area contributed by atoms with Crippen LogP contribution < -0.4 is 0 Å².